The zero-order chi connectivity index (χ0) is 23.4. The molecule has 2 heterocycles. The maximum Gasteiger partial charge on any atom is 0.240 e. The minimum Gasteiger partial charge on any atom is -0.496 e. The fourth-order valence-corrected chi connectivity index (χ4v) is 5.47. The van der Waals surface area contributed by atoms with Gasteiger partial charge in [0.25, 0.3) is 0 Å². The van der Waals surface area contributed by atoms with Crippen LogP contribution in [0.4, 0.5) is 4.39 Å². The molecule has 174 valence electrons. The van der Waals surface area contributed by atoms with E-state index in [2.05, 4.69) is 16.1 Å². The summed E-state index contributed by atoms with van der Waals surface area (Å²) in [5, 5.41) is 4.15. The number of halogens is 1. The second kappa shape index (κ2) is 10.4. The number of benzene rings is 2. The number of carbonyl (C=O) groups is 1. The van der Waals surface area contributed by atoms with E-state index < -0.39 is 0 Å². The van der Waals surface area contributed by atoms with E-state index in [1.54, 1.807) is 49.0 Å². The van der Waals surface area contributed by atoms with Crippen molar-refractivity contribution < 1.29 is 18.4 Å². The van der Waals surface area contributed by atoms with Crippen LogP contribution in [-0.2, 0) is 17.9 Å². The van der Waals surface area contributed by atoms with Crippen molar-refractivity contribution in [2.75, 3.05) is 20.7 Å². The molecule has 2 atom stereocenters. The zero-order valence-corrected chi connectivity index (χ0v) is 19.8. The van der Waals surface area contributed by atoms with Crippen LogP contribution in [0.25, 0.3) is 0 Å². The summed E-state index contributed by atoms with van der Waals surface area (Å²) in [6.45, 7) is 3.85. The summed E-state index contributed by atoms with van der Waals surface area (Å²) in [6.07, 6.45) is 2.23. The number of nitrogens with zero attached hydrogens (tertiary/aromatic N) is 3. The highest BCUT2D eigenvalue weighted by molar-refractivity contribution is 8.00. The van der Waals surface area contributed by atoms with E-state index in [0.29, 0.717) is 13.1 Å². The summed E-state index contributed by atoms with van der Waals surface area (Å²) in [5.41, 5.74) is 2.92. The van der Waals surface area contributed by atoms with Gasteiger partial charge in [0, 0.05) is 36.3 Å². The van der Waals surface area contributed by atoms with Gasteiger partial charge in [-0.05, 0) is 54.8 Å². The number of hydrogen-bond donors (Lipinski definition) is 0. The first-order valence-electron chi connectivity index (χ1n) is 10.9. The van der Waals surface area contributed by atoms with Crippen molar-refractivity contribution in [3.63, 3.8) is 0 Å². The maximum absolute atomic E-state index is 13.4. The minimum absolute atomic E-state index is 0.0606. The topological polar surface area (TPSA) is 58.8 Å². The lowest BCUT2D eigenvalue weighted by molar-refractivity contribution is -0.135. The van der Waals surface area contributed by atoms with E-state index in [-0.39, 0.29) is 23.0 Å². The molecular formula is C25H28FN3O3S. The molecule has 2 aromatic carbocycles. The van der Waals surface area contributed by atoms with Gasteiger partial charge in [-0.3, -0.25) is 9.69 Å². The molecule has 1 fully saturated rings. The van der Waals surface area contributed by atoms with Crippen molar-refractivity contribution in [2.45, 2.75) is 42.6 Å². The Labute approximate surface area is 197 Å². The summed E-state index contributed by atoms with van der Waals surface area (Å²) >= 11 is 1.70. The minimum atomic E-state index is -0.248. The largest absolute Gasteiger partial charge is 0.496 e. The van der Waals surface area contributed by atoms with Gasteiger partial charge >= 0.3 is 0 Å². The van der Waals surface area contributed by atoms with Crippen molar-refractivity contribution in [2.24, 2.45) is 0 Å². The number of aryl methyl sites for hydroxylation is 1. The standard InChI is InChI=1S/C25H28FN3O3S/c1-17-12-18(4-9-24(17)31-3)14-29-16-22(33-21-7-5-19(26)6-8-21)13-23(29)25(30)28(2)15-20-10-11-32-27-20/h4-12,22-23H,13-16H2,1-3H3/t22-,23+/m1/s1. The fourth-order valence-electron chi connectivity index (χ4n) is 4.25. The van der Waals surface area contributed by atoms with Crippen LogP contribution in [0.15, 0.2) is 64.2 Å². The van der Waals surface area contributed by atoms with E-state index in [1.807, 2.05) is 19.1 Å². The molecule has 0 N–H and O–H groups in total. The number of thioether (sulfide) groups is 1. The molecule has 4 rings (SSSR count). The molecule has 6 nitrogen and oxygen atoms in total. The maximum atomic E-state index is 13.4. The molecule has 0 spiro atoms. The Hall–Kier alpha value is -2.84. The third kappa shape index (κ3) is 5.75. The first kappa shape index (κ1) is 23.3. The van der Waals surface area contributed by atoms with Crippen molar-refractivity contribution in [3.05, 3.63) is 77.4 Å². The number of hydrogen-bond acceptors (Lipinski definition) is 6. The molecule has 1 amide bonds. The van der Waals surface area contributed by atoms with E-state index in [9.17, 15) is 9.18 Å². The highest BCUT2D eigenvalue weighted by Gasteiger charge is 2.38. The van der Waals surface area contributed by atoms with Crippen LogP contribution in [0, 0.1) is 12.7 Å². The molecule has 1 saturated heterocycles. The Morgan fingerprint density at radius 3 is 2.73 bits per heavy atom. The van der Waals surface area contributed by atoms with Gasteiger partial charge in [0.2, 0.25) is 5.91 Å². The Kier molecular flexibility index (Phi) is 7.35. The SMILES string of the molecule is COc1ccc(CN2C[C@H](Sc3ccc(F)cc3)C[C@H]2C(=O)N(C)Cc2ccon2)cc1C. The number of ether oxygens (including phenoxy) is 1. The molecule has 33 heavy (non-hydrogen) atoms. The summed E-state index contributed by atoms with van der Waals surface area (Å²) in [6, 6.07) is 14.2. The molecule has 3 aromatic rings. The van der Waals surface area contributed by atoms with Crippen LogP contribution in [0.3, 0.4) is 0 Å². The second-order valence-electron chi connectivity index (χ2n) is 8.36. The highest BCUT2D eigenvalue weighted by atomic mass is 32.2. The van der Waals surface area contributed by atoms with E-state index in [0.717, 1.165) is 40.4 Å². The van der Waals surface area contributed by atoms with E-state index >= 15 is 0 Å². The predicted molar refractivity (Wildman–Crippen MR) is 126 cm³/mol. The van der Waals surface area contributed by atoms with Crippen LogP contribution in [0.5, 0.6) is 5.75 Å². The van der Waals surface area contributed by atoms with Crippen LogP contribution >= 0.6 is 11.8 Å². The van der Waals surface area contributed by atoms with Crippen LogP contribution in [0.2, 0.25) is 0 Å². The number of likely N-dealkylation sites (tertiary alicyclic amines) is 1. The van der Waals surface area contributed by atoms with Gasteiger partial charge in [-0.2, -0.15) is 0 Å². The third-order valence-electron chi connectivity index (χ3n) is 5.88. The molecule has 8 heteroatoms. The average Bonchev–Trinajstić information content (AvgIpc) is 3.45. The predicted octanol–water partition coefficient (Wildman–Crippen LogP) is 4.52. The number of rotatable bonds is 8. The molecule has 0 radical (unpaired) electrons. The van der Waals surface area contributed by atoms with Gasteiger partial charge in [-0.1, -0.05) is 17.3 Å². The number of aromatic nitrogens is 1. The summed E-state index contributed by atoms with van der Waals surface area (Å²) in [7, 11) is 3.46. The monoisotopic (exact) mass is 469 g/mol. The molecule has 0 aliphatic carbocycles. The number of likely N-dealkylation sites (N-methyl/N-ethyl adjacent to an activating group) is 1. The quantitative estimate of drug-likeness (QED) is 0.483. The van der Waals surface area contributed by atoms with E-state index in [4.69, 9.17) is 9.26 Å². The molecule has 1 aliphatic rings. The third-order valence-corrected chi connectivity index (χ3v) is 7.10. The Morgan fingerprint density at radius 2 is 2.06 bits per heavy atom. The summed E-state index contributed by atoms with van der Waals surface area (Å²) in [4.78, 5) is 18.4. The molecule has 0 unspecified atom stereocenters. The van der Waals surface area contributed by atoms with Gasteiger partial charge in [-0.25, -0.2) is 4.39 Å². The van der Waals surface area contributed by atoms with Crippen molar-refractivity contribution in [3.8, 4) is 5.75 Å². The smallest absolute Gasteiger partial charge is 0.240 e. The summed E-state index contributed by atoms with van der Waals surface area (Å²) in [5.74, 6) is 0.667. The molecule has 0 saturated carbocycles. The Morgan fingerprint density at radius 1 is 1.27 bits per heavy atom. The van der Waals surface area contributed by atoms with Crippen LogP contribution in [-0.4, -0.2) is 52.9 Å². The van der Waals surface area contributed by atoms with Crippen molar-refractivity contribution >= 4 is 17.7 Å². The molecule has 1 aromatic heterocycles. The second-order valence-corrected chi connectivity index (χ2v) is 9.74. The number of methoxy groups -OCH3 is 1. The Balaban J connectivity index is 1.51. The van der Waals surface area contributed by atoms with Gasteiger partial charge in [0.05, 0.1) is 19.7 Å². The number of carbonyl (C=O) groups excluding carboxylic acids is 1. The molecular weight excluding hydrogens is 441 g/mol. The molecule has 0 bridgehead atoms. The van der Waals surface area contributed by atoms with Gasteiger partial charge in [0.15, 0.2) is 0 Å². The fraction of sp³-hybridized carbons (Fsp3) is 0.360. The highest BCUT2D eigenvalue weighted by Crippen LogP contribution is 2.35. The van der Waals surface area contributed by atoms with Crippen molar-refractivity contribution in [1.29, 1.82) is 0 Å². The first-order valence-corrected chi connectivity index (χ1v) is 11.7. The lowest BCUT2D eigenvalue weighted by atomic mass is 10.1. The van der Waals surface area contributed by atoms with Crippen LogP contribution in [0.1, 0.15) is 23.2 Å². The Bertz CT molecular complexity index is 1080. The van der Waals surface area contributed by atoms with E-state index in [1.165, 1.54) is 18.4 Å². The van der Waals surface area contributed by atoms with Gasteiger partial charge < -0.3 is 14.2 Å². The lowest BCUT2D eigenvalue weighted by Gasteiger charge is -2.27. The summed E-state index contributed by atoms with van der Waals surface area (Å²) < 4.78 is 23.6. The lowest BCUT2D eigenvalue weighted by Crippen LogP contribution is -2.43. The van der Waals surface area contributed by atoms with Crippen LogP contribution < -0.4 is 4.74 Å². The number of amides is 1. The first-order chi connectivity index (χ1) is 15.9. The average molecular weight is 470 g/mol. The molecule has 1 aliphatic heterocycles. The van der Waals surface area contributed by atoms with Gasteiger partial charge in [-0.15, -0.1) is 11.8 Å². The van der Waals surface area contributed by atoms with Gasteiger partial charge in [0.1, 0.15) is 23.5 Å². The normalized spacial score (nSPS) is 18.4. The van der Waals surface area contributed by atoms with Crippen molar-refractivity contribution in [1.82, 2.24) is 15.0 Å². The zero-order valence-electron chi connectivity index (χ0n) is 19.0.